The summed E-state index contributed by atoms with van der Waals surface area (Å²) in [4.78, 5) is 28.0. The number of amides is 1. The minimum atomic E-state index is -0.902. The van der Waals surface area contributed by atoms with E-state index in [4.69, 9.17) is 14.2 Å². The second-order valence-electron chi connectivity index (χ2n) is 8.60. The van der Waals surface area contributed by atoms with Gasteiger partial charge in [-0.1, -0.05) is 19.1 Å². The van der Waals surface area contributed by atoms with Gasteiger partial charge in [-0.25, -0.2) is 0 Å². The number of fused-ring (bicyclic) bond motifs is 1. The molecule has 8 heteroatoms. The lowest BCUT2D eigenvalue weighted by molar-refractivity contribution is -0.132. The molecule has 5 rings (SSSR count). The van der Waals surface area contributed by atoms with E-state index in [-0.39, 0.29) is 11.3 Å². The summed E-state index contributed by atoms with van der Waals surface area (Å²) in [5.74, 6) is -0.255. The normalized spacial score (nSPS) is 17.9. The number of aliphatic hydroxyl groups is 1. The van der Waals surface area contributed by atoms with Gasteiger partial charge in [0.1, 0.15) is 24.7 Å². The van der Waals surface area contributed by atoms with Crippen molar-refractivity contribution in [3.8, 4) is 23.3 Å². The molecule has 2 aliphatic heterocycles. The first-order chi connectivity index (χ1) is 18.0. The standard InChI is InChI=1S/C29H24N2O6/c1-2-13-35-22-10-5-19(6-11-22)26-25(27(32)20-7-12-23-24(16-20)37-15-14-36-23)28(33)29(34)31(26)21-8-3-18(17-30)4-9-21/h3-12,16,26,32H,2,13-15H2,1H3/b27-25-. The fourth-order valence-corrected chi connectivity index (χ4v) is 4.42. The van der Waals surface area contributed by atoms with Gasteiger partial charge in [0.05, 0.1) is 29.9 Å². The summed E-state index contributed by atoms with van der Waals surface area (Å²) >= 11 is 0. The largest absolute Gasteiger partial charge is 0.507 e. The molecule has 1 N–H and O–H groups in total. The SMILES string of the molecule is CCCOc1ccc(C2/C(=C(/O)c3ccc4c(c3)OCCO4)C(=O)C(=O)N2c2ccc(C#N)cc2)cc1. The van der Waals surface area contributed by atoms with E-state index in [0.717, 1.165) is 6.42 Å². The molecule has 0 aliphatic carbocycles. The number of carbonyl (C=O) groups excluding carboxylic acids is 2. The van der Waals surface area contributed by atoms with Crippen LogP contribution in [-0.2, 0) is 9.59 Å². The zero-order valence-electron chi connectivity index (χ0n) is 20.1. The molecule has 0 saturated carbocycles. The summed E-state index contributed by atoms with van der Waals surface area (Å²) < 4.78 is 16.9. The molecule has 186 valence electrons. The minimum absolute atomic E-state index is 0.0479. The number of nitrogens with zero attached hydrogens (tertiary/aromatic N) is 2. The summed E-state index contributed by atoms with van der Waals surface area (Å²) in [7, 11) is 0. The Morgan fingerprint density at radius 3 is 2.41 bits per heavy atom. The predicted molar refractivity (Wildman–Crippen MR) is 136 cm³/mol. The summed E-state index contributed by atoms with van der Waals surface area (Å²) in [5, 5.41) is 20.5. The highest BCUT2D eigenvalue weighted by atomic mass is 16.6. The maximum absolute atomic E-state index is 13.4. The van der Waals surface area contributed by atoms with Crippen molar-refractivity contribution in [1.82, 2.24) is 0 Å². The summed E-state index contributed by atoms with van der Waals surface area (Å²) in [6.45, 7) is 3.36. The highest BCUT2D eigenvalue weighted by molar-refractivity contribution is 6.51. The number of rotatable bonds is 6. The third-order valence-electron chi connectivity index (χ3n) is 6.20. The molecule has 2 aliphatic rings. The van der Waals surface area contributed by atoms with Crippen molar-refractivity contribution in [3.63, 3.8) is 0 Å². The number of Topliss-reactive ketones (excluding diaryl/α,β-unsaturated/α-hetero) is 1. The van der Waals surface area contributed by atoms with Crippen LogP contribution in [-0.4, -0.2) is 36.6 Å². The molecule has 3 aromatic rings. The van der Waals surface area contributed by atoms with E-state index < -0.39 is 17.7 Å². The highest BCUT2D eigenvalue weighted by Gasteiger charge is 2.47. The van der Waals surface area contributed by atoms with Gasteiger partial charge in [0, 0.05) is 11.3 Å². The number of benzene rings is 3. The molecule has 1 unspecified atom stereocenters. The monoisotopic (exact) mass is 496 g/mol. The Hall–Kier alpha value is -4.77. The van der Waals surface area contributed by atoms with E-state index >= 15 is 0 Å². The van der Waals surface area contributed by atoms with E-state index in [0.29, 0.717) is 59.4 Å². The van der Waals surface area contributed by atoms with Gasteiger partial charge in [0.2, 0.25) is 0 Å². The van der Waals surface area contributed by atoms with Crippen LogP contribution < -0.4 is 19.1 Å². The van der Waals surface area contributed by atoms with E-state index in [9.17, 15) is 20.0 Å². The molecule has 0 bridgehead atoms. The van der Waals surface area contributed by atoms with Crippen LogP contribution in [0.25, 0.3) is 5.76 Å². The summed E-state index contributed by atoms with van der Waals surface area (Å²) in [6, 6.07) is 19.5. The van der Waals surface area contributed by atoms with Gasteiger partial charge in [-0.15, -0.1) is 0 Å². The lowest BCUT2D eigenvalue weighted by Crippen LogP contribution is -2.29. The molecule has 0 aromatic heterocycles. The summed E-state index contributed by atoms with van der Waals surface area (Å²) in [5.41, 5.74) is 1.75. The highest BCUT2D eigenvalue weighted by Crippen LogP contribution is 2.43. The number of carbonyl (C=O) groups is 2. The molecule has 0 spiro atoms. The lowest BCUT2D eigenvalue weighted by atomic mass is 9.95. The average Bonchev–Trinajstić information content (AvgIpc) is 3.21. The van der Waals surface area contributed by atoms with Crippen LogP contribution in [0.3, 0.4) is 0 Å². The third-order valence-corrected chi connectivity index (χ3v) is 6.20. The Balaban J connectivity index is 1.63. The van der Waals surface area contributed by atoms with Crippen molar-refractivity contribution in [2.75, 3.05) is 24.7 Å². The second kappa shape index (κ2) is 10.1. The summed E-state index contributed by atoms with van der Waals surface area (Å²) in [6.07, 6.45) is 0.857. The van der Waals surface area contributed by atoms with Crippen LogP contribution in [0.1, 0.15) is 36.1 Å². The zero-order valence-corrected chi connectivity index (χ0v) is 20.1. The van der Waals surface area contributed by atoms with Crippen molar-refractivity contribution >= 4 is 23.1 Å². The molecular formula is C29H24N2O6. The first-order valence-electron chi connectivity index (χ1n) is 12.0. The smallest absolute Gasteiger partial charge is 0.300 e. The Morgan fingerprint density at radius 2 is 1.73 bits per heavy atom. The molecule has 0 radical (unpaired) electrons. The number of ether oxygens (including phenoxy) is 3. The van der Waals surface area contributed by atoms with Crippen molar-refractivity contribution in [3.05, 3.63) is 89.0 Å². The van der Waals surface area contributed by atoms with Gasteiger partial charge in [0.25, 0.3) is 11.7 Å². The van der Waals surface area contributed by atoms with Gasteiger partial charge in [-0.3, -0.25) is 14.5 Å². The van der Waals surface area contributed by atoms with E-state index in [1.54, 1.807) is 66.7 Å². The molecule has 37 heavy (non-hydrogen) atoms. The lowest BCUT2D eigenvalue weighted by Gasteiger charge is -2.26. The second-order valence-corrected chi connectivity index (χ2v) is 8.60. The van der Waals surface area contributed by atoms with Crippen LogP contribution in [0.4, 0.5) is 5.69 Å². The molecular weight excluding hydrogens is 472 g/mol. The molecule has 1 fully saturated rings. The number of ketones is 1. The Morgan fingerprint density at radius 1 is 1.03 bits per heavy atom. The Bertz CT molecular complexity index is 1420. The van der Waals surface area contributed by atoms with Crippen molar-refractivity contribution in [1.29, 1.82) is 5.26 Å². The molecule has 8 nitrogen and oxygen atoms in total. The van der Waals surface area contributed by atoms with Gasteiger partial charge in [0.15, 0.2) is 11.5 Å². The number of aliphatic hydroxyl groups excluding tert-OH is 1. The average molecular weight is 497 g/mol. The fraction of sp³-hybridized carbons (Fsp3) is 0.207. The van der Waals surface area contributed by atoms with Crippen LogP contribution in [0.15, 0.2) is 72.3 Å². The minimum Gasteiger partial charge on any atom is -0.507 e. The maximum atomic E-state index is 13.4. The molecule has 3 aromatic carbocycles. The van der Waals surface area contributed by atoms with Crippen LogP contribution in [0, 0.1) is 11.3 Å². The Kier molecular flexibility index (Phi) is 6.52. The van der Waals surface area contributed by atoms with E-state index in [1.807, 2.05) is 13.0 Å². The van der Waals surface area contributed by atoms with Crippen molar-refractivity contribution < 1.29 is 28.9 Å². The number of hydrogen-bond acceptors (Lipinski definition) is 7. The van der Waals surface area contributed by atoms with Crippen LogP contribution in [0.2, 0.25) is 0 Å². The molecule has 1 saturated heterocycles. The van der Waals surface area contributed by atoms with E-state index in [2.05, 4.69) is 0 Å². The predicted octanol–water partition coefficient (Wildman–Crippen LogP) is 4.74. The number of anilines is 1. The van der Waals surface area contributed by atoms with Crippen LogP contribution >= 0.6 is 0 Å². The third kappa shape index (κ3) is 4.47. The van der Waals surface area contributed by atoms with Gasteiger partial charge < -0.3 is 19.3 Å². The van der Waals surface area contributed by atoms with Crippen LogP contribution in [0.5, 0.6) is 17.2 Å². The van der Waals surface area contributed by atoms with Crippen molar-refractivity contribution in [2.45, 2.75) is 19.4 Å². The first-order valence-corrected chi connectivity index (χ1v) is 12.0. The van der Waals surface area contributed by atoms with Gasteiger partial charge in [-0.05, 0) is 66.6 Å². The maximum Gasteiger partial charge on any atom is 0.300 e. The first kappa shape index (κ1) is 23.9. The topological polar surface area (TPSA) is 109 Å². The fourth-order valence-electron chi connectivity index (χ4n) is 4.42. The molecule has 1 atom stereocenters. The number of nitriles is 1. The quantitative estimate of drug-likeness (QED) is 0.298. The van der Waals surface area contributed by atoms with Crippen molar-refractivity contribution in [2.24, 2.45) is 0 Å². The van der Waals surface area contributed by atoms with Gasteiger partial charge >= 0.3 is 0 Å². The van der Waals surface area contributed by atoms with Gasteiger partial charge in [-0.2, -0.15) is 5.26 Å². The Labute approximate surface area is 213 Å². The molecule has 2 heterocycles. The number of hydrogen-bond donors (Lipinski definition) is 1. The zero-order chi connectivity index (χ0) is 25.9. The van der Waals surface area contributed by atoms with E-state index in [1.165, 1.54) is 4.90 Å². The molecule has 1 amide bonds.